The number of nitrogens with zero attached hydrogens (tertiary/aromatic N) is 2. The number of halogens is 1. The molecule has 10 heteroatoms. The van der Waals surface area contributed by atoms with Crippen LogP contribution < -0.4 is 5.32 Å². The van der Waals surface area contributed by atoms with E-state index in [-0.39, 0.29) is 49.6 Å². The molecule has 5 atom stereocenters. The van der Waals surface area contributed by atoms with Gasteiger partial charge >= 0.3 is 12.1 Å². The Morgan fingerprint density at radius 1 is 1.15 bits per heavy atom. The number of carbonyl (C=O) groups excluding carboxylic acids is 4. The highest BCUT2D eigenvalue weighted by molar-refractivity contribution is 5.95. The number of carbonyl (C=O) groups is 4. The fourth-order valence-electron chi connectivity index (χ4n) is 6.09. The van der Waals surface area contributed by atoms with E-state index in [0.29, 0.717) is 18.4 Å². The predicted octanol–water partition coefficient (Wildman–Crippen LogP) is 3.45. The Morgan fingerprint density at radius 2 is 1.97 bits per heavy atom. The fraction of sp³-hybridized carbons (Fsp3) is 0.586. The zero-order valence-electron chi connectivity index (χ0n) is 22.5. The smallest absolute Gasteiger partial charge is 0.410 e. The molecule has 0 bridgehead atoms. The Morgan fingerprint density at radius 3 is 2.74 bits per heavy atom. The molecule has 1 saturated heterocycles. The zero-order chi connectivity index (χ0) is 27.7. The van der Waals surface area contributed by atoms with Crippen LogP contribution in [-0.2, 0) is 36.9 Å². The molecule has 2 fully saturated rings. The number of benzene rings is 1. The van der Waals surface area contributed by atoms with E-state index in [1.165, 1.54) is 23.0 Å². The van der Waals surface area contributed by atoms with Crippen molar-refractivity contribution in [2.75, 3.05) is 13.7 Å². The second-order valence-electron chi connectivity index (χ2n) is 11.2. The molecule has 210 valence electrons. The topological polar surface area (TPSA) is 105 Å². The molecule has 9 nitrogen and oxygen atoms in total. The molecule has 0 radical (unpaired) electrons. The van der Waals surface area contributed by atoms with Crippen molar-refractivity contribution in [2.45, 2.75) is 82.6 Å². The maximum atomic E-state index is 14.2. The number of rotatable bonds is 2. The lowest BCUT2D eigenvalue weighted by Gasteiger charge is -2.28. The van der Waals surface area contributed by atoms with Crippen LogP contribution in [0.2, 0.25) is 0 Å². The second kappa shape index (κ2) is 11.0. The molecule has 3 heterocycles. The van der Waals surface area contributed by atoms with Crippen LogP contribution in [0.15, 0.2) is 30.4 Å². The lowest BCUT2D eigenvalue weighted by atomic mass is 10.0. The number of nitrogens with one attached hydrogen (secondary N) is 1. The quantitative estimate of drug-likeness (QED) is 0.454. The van der Waals surface area contributed by atoms with Crippen LogP contribution in [0.5, 0.6) is 0 Å². The van der Waals surface area contributed by atoms with Crippen molar-refractivity contribution in [3.63, 3.8) is 0 Å². The van der Waals surface area contributed by atoms with Gasteiger partial charge in [-0.3, -0.25) is 14.5 Å². The first-order chi connectivity index (χ1) is 18.7. The average Bonchev–Trinajstić information content (AvgIpc) is 3.24. The first kappa shape index (κ1) is 27.1. The van der Waals surface area contributed by atoms with Crippen LogP contribution in [0.1, 0.15) is 63.0 Å². The predicted molar refractivity (Wildman–Crippen MR) is 138 cm³/mol. The molecule has 1 N–H and O–H groups in total. The summed E-state index contributed by atoms with van der Waals surface area (Å²) in [6.45, 7) is 2.28. The average molecular weight is 542 g/mol. The normalized spacial score (nSPS) is 31.7. The summed E-state index contributed by atoms with van der Waals surface area (Å²) in [7, 11) is 1.29. The highest BCUT2D eigenvalue weighted by atomic mass is 19.1. The summed E-state index contributed by atoms with van der Waals surface area (Å²) in [6, 6.07) is 3.86. The minimum atomic E-state index is -1.15. The summed E-state index contributed by atoms with van der Waals surface area (Å²) in [4.78, 5) is 55.7. The van der Waals surface area contributed by atoms with Gasteiger partial charge in [-0.1, -0.05) is 44.1 Å². The first-order valence-corrected chi connectivity index (χ1v) is 13.8. The second-order valence-corrected chi connectivity index (χ2v) is 11.2. The van der Waals surface area contributed by atoms with Crippen LogP contribution >= 0.6 is 0 Å². The van der Waals surface area contributed by atoms with Crippen molar-refractivity contribution < 1.29 is 33.0 Å². The molecule has 1 aromatic rings. The van der Waals surface area contributed by atoms with Gasteiger partial charge in [0, 0.05) is 30.4 Å². The van der Waals surface area contributed by atoms with Crippen LogP contribution in [0, 0.1) is 17.7 Å². The summed E-state index contributed by atoms with van der Waals surface area (Å²) in [6.07, 6.45) is 7.68. The zero-order valence-corrected chi connectivity index (χ0v) is 22.5. The monoisotopic (exact) mass is 541 g/mol. The highest BCUT2D eigenvalue weighted by Gasteiger charge is 2.62. The number of methoxy groups -OCH3 is 1. The van der Waals surface area contributed by atoms with Crippen molar-refractivity contribution in [2.24, 2.45) is 11.8 Å². The Hall–Kier alpha value is -3.43. The summed E-state index contributed by atoms with van der Waals surface area (Å²) >= 11 is 0. The largest absolute Gasteiger partial charge is 0.467 e. The fourth-order valence-corrected chi connectivity index (χ4v) is 6.09. The van der Waals surface area contributed by atoms with E-state index >= 15 is 0 Å². The molecule has 39 heavy (non-hydrogen) atoms. The molecule has 4 aliphatic rings. The minimum absolute atomic E-state index is 0.0801. The number of amides is 3. The molecule has 1 aliphatic carbocycles. The summed E-state index contributed by atoms with van der Waals surface area (Å²) in [5.74, 6) is -1.97. The molecule has 0 unspecified atom stereocenters. The first-order valence-electron chi connectivity index (χ1n) is 13.8. The Balaban J connectivity index is 1.32. The maximum absolute atomic E-state index is 14.2. The maximum Gasteiger partial charge on any atom is 0.410 e. The Labute approximate surface area is 227 Å². The van der Waals surface area contributed by atoms with Gasteiger partial charge in [0.2, 0.25) is 11.8 Å². The van der Waals surface area contributed by atoms with Gasteiger partial charge in [0.15, 0.2) is 0 Å². The molecule has 1 aromatic carbocycles. The number of hydrogen-bond donors (Lipinski definition) is 1. The lowest BCUT2D eigenvalue weighted by molar-refractivity contribution is -0.148. The molecule has 5 rings (SSSR count). The Kier molecular flexibility index (Phi) is 7.64. The molecule has 0 spiro atoms. The number of esters is 1. The lowest BCUT2D eigenvalue weighted by Crippen LogP contribution is -2.53. The van der Waals surface area contributed by atoms with Crippen molar-refractivity contribution in [1.29, 1.82) is 0 Å². The van der Waals surface area contributed by atoms with E-state index in [2.05, 4.69) is 11.4 Å². The summed E-state index contributed by atoms with van der Waals surface area (Å²) < 4.78 is 25.0. The van der Waals surface area contributed by atoms with E-state index in [1.807, 2.05) is 13.0 Å². The van der Waals surface area contributed by atoms with E-state index in [4.69, 9.17) is 9.47 Å². The van der Waals surface area contributed by atoms with Crippen LogP contribution in [0.4, 0.5) is 9.18 Å². The van der Waals surface area contributed by atoms with Crippen molar-refractivity contribution in [3.05, 3.63) is 47.3 Å². The van der Waals surface area contributed by atoms with E-state index in [1.54, 1.807) is 12.1 Å². The SMILES string of the molecule is COC(=O)[C@@]12C[C@H]1/C=C\CCCCC[C@H](C)C(=O)N1C[C@H](OC(=O)N3Cc4cccc(F)c4C3)C[C@H]1C(=O)N2. The number of fused-ring (bicyclic) bond motifs is 3. The van der Waals surface area contributed by atoms with Crippen molar-refractivity contribution >= 4 is 23.9 Å². The van der Waals surface area contributed by atoms with Crippen LogP contribution in [0.3, 0.4) is 0 Å². The number of ether oxygens (including phenoxy) is 2. The van der Waals surface area contributed by atoms with Gasteiger partial charge in [-0.25, -0.2) is 14.0 Å². The van der Waals surface area contributed by atoms with E-state index in [0.717, 1.165) is 31.2 Å². The van der Waals surface area contributed by atoms with Gasteiger partial charge in [-0.15, -0.1) is 0 Å². The van der Waals surface area contributed by atoms with Crippen molar-refractivity contribution in [1.82, 2.24) is 15.1 Å². The molecule has 3 aliphatic heterocycles. The van der Waals surface area contributed by atoms with Gasteiger partial charge in [0.05, 0.1) is 20.2 Å². The standard InChI is InChI=1S/C29H36FN3O6/c1-18-9-6-4-3-5-7-11-20-14-29(20,27(36)38-2)31-25(34)24-13-21(16-33(24)26(18)35)39-28(37)32-15-19-10-8-12-23(30)22(19)17-32/h7-8,10-12,18,20-21,24H,3-6,9,13-17H2,1-2H3,(H,31,34)/b11-7-/t18-,20+,21+,24-,29+/m0/s1. The third-order valence-corrected chi connectivity index (χ3v) is 8.51. The van der Waals surface area contributed by atoms with Crippen LogP contribution in [0.25, 0.3) is 0 Å². The number of allylic oxidation sites excluding steroid dienone is 1. The van der Waals surface area contributed by atoms with Gasteiger partial charge in [-0.05, 0) is 37.3 Å². The van der Waals surface area contributed by atoms with Gasteiger partial charge in [-0.2, -0.15) is 0 Å². The molecule has 0 aromatic heterocycles. The van der Waals surface area contributed by atoms with E-state index in [9.17, 15) is 23.6 Å². The highest BCUT2D eigenvalue weighted by Crippen LogP contribution is 2.46. The van der Waals surface area contributed by atoms with Crippen molar-refractivity contribution in [3.8, 4) is 0 Å². The van der Waals surface area contributed by atoms with Gasteiger partial charge in [0.1, 0.15) is 23.5 Å². The Bertz CT molecular complexity index is 1190. The summed E-state index contributed by atoms with van der Waals surface area (Å²) in [5, 5.41) is 2.89. The third-order valence-electron chi connectivity index (χ3n) is 8.51. The number of hydrogen-bond acceptors (Lipinski definition) is 6. The molecular formula is C29H36FN3O6. The summed E-state index contributed by atoms with van der Waals surface area (Å²) in [5.41, 5.74) is 0.0526. The molecule has 1 saturated carbocycles. The van der Waals surface area contributed by atoms with E-state index < -0.39 is 35.7 Å². The third kappa shape index (κ3) is 5.38. The van der Waals surface area contributed by atoms with Gasteiger partial charge in [0.25, 0.3) is 0 Å². The minimum Gasteiger partial charge on any atom is -0.467 e. The van der Waals surface area contributed by atoms with Crippen LogP contribution in [-0.4, -0.2) is 65.0 Å². The molecular weight excluding hydrogens is 505 g/mol. The van der Waals surface area contributed by atoms with Gasteiger partial charge < -0.3 is 19.7 Å². The molecule has 3 amide bonds.